The van der Waals surface area contributed by atoms with Crippen LogP contribution in [-0.2, 0) is 0 Å². The maximum absolute atomic E-state index is 2.34. The molecule has 13 heavy (non-hydrogen) atoms. The molecule has 1 heteroatoms. The van der Waals surface area contributed by atoms with Gasteiger partial charge in [0.25, 0.3) is 0 Å². The van der Waals surface area contributed by atoms with Gasteiger partial charge in [-0.05, 0) is 38.4 Å². The maximum atomic E-state index is 2.34. The molecule has 1 aliphatic rings. The second-order valence-corrected chi connectivity index (χ2v) is 4.16. The van der Waals surface area contributed by atoms with Gasteiger partial charge in [-0.2, -0.15) is 0 Å². The van der Waals surface area contributed by atoms with Gasteiger partial charge >= 0.3 is 0 Å². The van der Waals surface area contributed by atoms with E-state index in [9.17, 15) is 0 Å². The average Bonchev–Trinajstić information content (AvgIpc) is 2.90. The molecule has 1 unspecified atom stereocenters. The largest absolute Gasteiger partial charge is 0.302 e. The lowest BCUT2D eigenvalue weighted by atomic mass is 10.0. The third-order valence-corrected chi connectivity index (χ3v) is 2.77. The Morgan fingerprint density at radius 2 is 1.77 bits per heavy atom. The molecule has 0 aromatic heterocycles. The molecular weight excluding hydrogens is 158 g/mol. The summed E-state index contributed by atoms with van der Waals surface area (Å²) in [5.41, 5.74) is 1.47. The predicted molar refractivity (Wildman–Crippen MR) is 55.6 cm³/mol. The van der Waals surface area contributed by atoms with Crippen LogP contribution in [0.5, 0.6) is 0 Å². The van der Waals surface area contributed by atoms with Crippen molar-refractivity contribution in [2.45, 2.75) is 18.9 Å². The molecule has 0 heterocycles. The molecule has 1 nitrogen and oxygen atoms in total. The number of rotatable bonds is 3. The molecule has 0 radical (unpaired) electrons. The topological polar surface area (TPSA) is 3.24 Å². The van der Waals surface area contributed by atoms with E-state index in [4.69, 9.17) is 0 Å². The van der Waals surface area contributed by atoms with E-state index in [1.165, 1.54) is 18.4 Å². The van der Waals surface area contributed by atoms with Crippen molar-refractivity contribution in [2.75, 3.05) is 14.1 Å². The standard InChI is InChI=1S/C12H17N/c1-13(2)12(11-8-9-11)10-6-4-3-5-7-10/h3-7,11-12H,8-9H2,1-2H3. The highest BCUT2D eigenvalue weighted by atomic mass is 15.1. The Labute approximate surface area is 80.4 Å². The van der Waals surface area contributed by atoms with Crippen molar-refractivity contribution < 1.29 is 0 Å². The van der Waals surface area contributed by atoms with Crippen LogP contribution in [0.15, 0.2) is 30.3 Å². The number of hydrogen-bond donors (Lipinski definition) is 0. The first-order valence-electron chi connectivity index (χ1n) is 5.00. The van der Waals surface area contributed by atoms with Gasteiger partial charge in [0.05, 0.1) is 0 Å². The fourth-order valence-corrected chi connectivity index (χ4v) is 2.05. The first-order valence-corrected chi connectivity index (χ1v) is 5.00. The van der Waals surface area contributed by atoms with Crippen molar-refractivity contribution in [1.82, 2.24) is 4.90 Å². The smallest absolute Gasteiger partial charge is 0.0370 e. The fourth-order valence-electron chi connectivity index (χ4n) is 2.05. The molecule has 70 valence electrons. The Kier molecular flexibility index (Phi) is 2.36. The maximum Gasteiger partial charge on any atom is 0.0370 e. The number of hydrogen-bond acceptors (Lipinski definition) is 1. The van der Waals surface area contributed by atoms with E-state index in [2.05, 4.69) is 49.3 Å². The normalized spacial score (nSPS) is 19.0. The third-order valence-electron chi connectivity index (χ3n) is 2.77. The van der Waals surface area contributed by atoms with Gasteiger partial charge in [-0.3, -0.25) is 0 Å². The summed E-state index contributed by atoms with van der Waals surface area (Å²) < 4.78 is 0. The van der Waals surface area contributed by atoms with Gasteiger partial charge in [-0.15, -0.1) is 0 Å². The molecule has 2 rings (SSSR count). The van der Waals surface area contributed by atoms with E-state index in [-0.39, 0.29) is 0 Å². The summed E-state index contributed by atoms with van der Waals surface area (Å²) in [5, 5.41) is 0. The lowest BCUT2D eigenvalue weighted by Crippen LogP contribution is -2.21. The lowest BCUT2D eigenvalue weighted by molar-refractivity contribution is 0.269. The van der Waals surface area contributed by atoms with Crippen molar-refractivity contribution in [3.05, 3.63) is 35.9 Å². The molecule has 1 aliphatic carbocycles. The Bertz CT molecular complexity index is 260. The summed E-state index contributed by atoms with van der Waals surface area (Å²) in [4.78, 5) is 2.34. The minimum Gasteiger partial charge on any atom is -0.302 e. The van der Waals surface area contributed by atoms with Crippen molar-refractivity contribution >= 4 is 0 Å². The van der Waals surface area contributed by atoms with Crippen molar-refractivity contribution in [1.29, 1.82) is 0 Å². The highest BCUT2D eigenvalue weighted by Crippen LogP contribution is 2.43. The molecular formula is C12H17N. The highest BCUT2D eigenvalue weighted by Gasteiger charge is 2.33. The Balaban J connectivity index is 2.20. The van der Waals surface area contributed by atoms with Crippen LogP contribution in [0.2, 0.25) is 0 Å². The molecule has 1 aromatic rings. The summed E-state index contributed by atoms with van der Waals surface area (Å²) in [5.74, 6) is 0.900. The average molecular weight is 175 g/mol. The molecule has 0 saturated heterocycles. The van der Waals surface area contributed by atoms with Gasteiger partial charge in [-0.1, -0.05) is 30.3 Å². The summed E-state index contributed by atoms with van der Waals surface area (Å²) in [6.07, 6.45) is 2.80. The van der Waals surface area contributed by atoms with Gasteiger partial charge in [0.2, 0.25) is 0 Å². The molecule has 0 bridgehead atoms. The first-order chi connectivity index (χ1) is 6.29. The van der Waals surface area contributed by atoms with E-state index in [0.29, 0.717) is 6.04 Å². The van der Waals surface area contributed by atoms with Crippen LogP contribution in [0.25, 0.3) is 0 Å². The van der Waals surface area contributed by atoms with Crippen LogP contribution >= 0.6 is 0 Å². The molecule has 0 amide bonds. The quantitative estimate of drug-likeness (QED) is 0.682. The second-order valence-electron chi connectivity index (χ2n) is 4.16. The Morgan fingerprint density at radius 3 is 2.23 bits per heavy atom. The van der Waals surface area contributed by atoms with Gasteiger partial charge in [0.15, 0.2) is 0 Å². The fraction of sp³-hybridized carbons (Fsp3) is 0.500. The highest BCUT2D eigenvalue weighted by molar-refractivity contribution is 5.20. The van der Waals surface area contributed by atoms with Gasteiger partial charge in [-0.25, -0.2) is 0 Å². The second kappa shape index (κ2) is 3.51. The lowest BCUT2D eigenvalue weighted by Gasteiger charge is -2.24. The molecule has 1 saturated carbocycles. The van der Waals surface area contributed by atoms with E-state index in [0.717, 1.165) is 5.92 Å². The monoisotopic (exact) mass is 175 g/mol. The Hall–Kier alpha value is -0.820. The van der Waals surface area contributed by atoms with Gasteiger partial charge < -0.3 is 4.90 Å². The molecule has 1 atom stereocenters. The third kappa shape index (κ3) is 1.92. The van der Waals surface area contributed by atoms with E-state index in [1.807, 2.05) is 0 Å². The zero-order valence-corrected chi connectivity index (χ0v) is 8.40. The number of nitrogens with zero attached hydrogens (tertiary/aromatic N) is 1. The zero-order chi connectivity index (χ0) is 9.26. The SMILES string of the molecule is CN(C)C(c1ccccc1)C1CC1. The molecule has 1 fully saturated rings. The van der Waals surface area contributed by atoms with Crippen LogP contribution < -0.4 is 0 Å². The van der Waals surface area contributed by atoms with Crippen LogP contribution in [0.1, 0.15) is 24.4 Å². The van der Waals surface area contributed by atoms with E-state index >= 15 is 0 Å². The van der Waals surface area contributed by atoms with Gasteiger partial charge in [0.1, 0.15) is 0 Å². The van der Waals surface area contributed by atoms with E-state index < -0.39 is 0 Å². The molecule has 0 spiro atoms. The summed E-state index contributed by atoms with van der Waals surface area (Å²) in [6.45, 7) is 0. The Morgan fingerprint density at radius 1 is 1.15 bits per heavy atom. The molecule has 0 aliphatic heterocycles. The zero-order valence-electron chi connectivity index (χ0n) is 8.40. The van der Waals surface area contributed by atoms with Crippen molar-refractivity contribution in [3.63, 3.8) is 0 Å². The predicted octanol–water partition coefficient (Wildman–Crippen LogP) is 2.70. The van der Waals surface area contributed by atoms with Crippen LogP contribution in [0.3, 0.4) is 0 Å². The van der Waals surface area contributed by atoms with Crippen molar-refractivity contribution in [3.8, 4) is 0 Å². The summed E-state index contributed by atoms with van der Waals surface area (Å²) in [6, 6.07) is 11.5. The minimum absolute atomic E-state index is 0.640. The van der Waals surface area contributed by atoms with Crippen LogP contribution in [-0.4, -0.2) is 19.0 Å². The first kappa shape index (κ1) is 8.76. The minimum atomic E-state index is 0.640. The van der Waals surface area contributed by atoms with E-state index in [1.54, 1.807) is 0 Å². The van der Waals surface area contributed by atoms with Crippen LogP contribution in [0, 0.1) is 5.92 Å². The summed E-state index contributed by atoms with van der Waals surface area (Å²) >= 11 is 0. The molecule has 1 aromatic carbocycles. The number of benzene rings is 1. The van der Waals surface area contributed by atoms with Crippen molar-refractivity contribution in [2.24, 2.45) is 5.92 Å². The van der Waals surface area contributed by atoms with Gasteiger partial charge in [0, 0.05) is 6.04 Å². The molecule has 0 N–H and O–H groups in total. The summed E-state index contributed by atoms with van der Waals surface area (Å²) in [7, 11) is 4.35. The van der Waals surface area contributed by atoms with Crippen LogP contribution in [0.4, 0.5) is 0 Å².